The molecule has 0 radical (unpaired) electrons. The summed E-state index contributed by atoms with van der Waals surface area (Å²) in [6.07, 6.45) is 1.76. The summed E-state index contributed by atoms with van der Waals surface area (Å²) in [5.74, 6) is 0.741. The van der Waals surface area contributed by atoms with Crippen molar-refractivity contribution >= 4 is 0 Å². The van der Waals surface area contributed by atoms with E-state index < -0.39 is 0 Å². The van der Waals surface area contributed by atoms with E-state index in [9.17, 15) is 0 Å². The van der Waals surface area contributed by atoms with Gasteiger partial charge in [-0.15, -0.1) is 0 Å². The van der Waals surface area contributed by atoms with Gasteiger partial charge in [0.25, 0.3) is 0 Å². The summed E-state index contributed by atoms with van der Waals surface area (Å²) in [7, 11) is 0. The Bertz CT molecular complexity index is 147. The summed E-state index contributed by atoms with van der Waals surface area (Å²) in [5, 5.41) is 0. The van der Waals surface area contributed by atoms with Gasteiger partial charge in [0.2, 0.25) is 0 Å². The lowest BCUT2D eigenvalue weighted by molar-refractivity contribution is 0.147. The Balaban J connectivity index is 4.04. The molecule has 0 aliphatic heterocycles. The lowest BCUT2D eigenvalue weighted by Crippen LogP contribution is -2.05. The van der Waals surface area contributed by atoms with Crippen molar-refractivity contribution < 1.29 is 4.74 Å². The van der Waals surface area contributed by atoms with Gasteiger partial charge >= 0.3 is 0 Å². The lowest BCUT2D eigenvalue weighted by Gasteiger charge is -2.10. The molecule has 0 aliphatic carbocycles. The van der Waals surface area contributed by atoms with E-state index in [0.717, 1.165) is 5.76 Å². The molecule has 0 spiro atoms. The Morgan fingerprint density at radius 1 is 1.60 bits per heavy atom. The van der Waals surface area contributed by atoms with Crippen molar-refractivity contribution in [1.82, 2.24) is 0 Å². The zero-order chi connectivity index (χ0) is 8.15. The quantitative estimate of drug-likeness (QED) is 0.480. The van der Waals surface area contributed by atoms with Crippen LogP contribution < -0.4 is 5.73 Å². The fraction of sp³-hybridized carbons (Fsp3) is 0.500. The molecule has 58 valence electrons. The van der Waals surface area contributed by atoms with E-state index in [0.29, 0.717) is 5.70 Å². The van der Waals surface area contributed by atoms with Crippen LogP contribution in [0.5, 0.6) is 0 Å². The second-order valence-corrected chi connectivity index (χ2v) is 2.38. The first-order valence-electron chi connectivity index (χ1n) is 3.33. The van der Waals surface area contributed by atoms with Crippen molar-refractivity contribution in [2.24, 2.45) is 5.73 Å². The van der Waals surface area contributed by atoms with E-state index in [1.165, 1.54) is 0 Å². The van der Waals surface area contributed by atoms with Crippen molar-refractivity contribution in [3.63, 3.8) is 0 Å². The van der Waals surface area contributed by atoms with Gasteiger partial charge in [0.15, 0.2) is 0 Å². The molecule has 0 amide bonds. The fourth-order valence-corrected chi connectivity index (χ4v) is 0.565. The lowest BCUT2D eigenvalue weighted by atomic mass is 10.4. The standard InChI is InChI=1S/C8H15NO/c1-5-8(9)7(4)10-6(2)3/h5-6H,1,9H2,2-4H3/b8-7-. The molecule has 0 saturated heterocycles. The van der Waals surface area contributed by atoms with Crippen molar-refractivity contribution in [3.8, 4) is 0 Å². The van der Waals surface area contributed by atoms with Gasteiger partial charge in [-0.25, -0.2) is 0 Å². The van der Waals surface area contributed by atoms with E-state index in [2.05, 4.69) is 6.58 Å². The first-order chi connectivity index (χ1) is 4.57. The topological polar surface area (TPSA) is 35.2 Å². The van der Waals surface area contributed by atoms with Crippen LogP contribution in [0.3, 0.4) is 0 Å². The minimum atomic E-state index is 0.179. The minimum absolute atomic E-state index is 0.179. The number of hydrogen-bond acceptors (Lipinski definition) is 2. The van der Waals surface area contributed by atoms with Gasteiger partial charge < -0.3 is 10.5 Å². The zero-order valence-corrected chi connectivity index (χ0v) is 6.85. The summed E-state index contributed by atoms with van der Waals surface area (Å²) in [6, 6.07) is 0. The molecule has 0 aromatic rings. The molecule has 0 unspecified atom stereocenters. The van der Waals surface area contributed by atoms with Crippen LogP contribution in [0.4, 0.5) is 0 Å². The van der Waals surface area contributed by atoms with E-state index >= 15 is 0 Å². The molecular weight excluding hydrogens is 126 g/mol. The molecule has 0 fully saturated rings. The largest absolute Gasteiger partial charge is 0.494 e. The van der Waals surface area contributed by atoms with E-state index in [1.807, 2.05) is 20.8 Å². The Labute approximate surface area is 62.4 Å². The van der Waals surface area contributed by atoms with Crippen LogP contribution in [-0.2, 0) is 4.74 Å². The normalized spacial score (nSPS) is 12.8. The summed E-state index contributed by atoms with van der Waals surface area (Å²) in [6.45, 7) is 9.27. The fourth-order valence-electron chi connectivity index (χ4n) is 0.565. The molecule has 0 saturated carbocycles. The van der Waals surface area contributed by atoms with Crippen LogP contribution in [0.1, 0.15) is 20.8 Å². The molecule has 0 rings (SSSR count). The highest BCUT2D eigenvalue weighted by Gasteiger charge is 1.96. The summed E-state index contributed by atoms with van der Waals surface area (Å²) < 4.78 is 5.29. The molecule has 0 aromatic heterocycles. The maximum atomic E-state index is 5.50. The highest BCUT2D eigenvalue weighted by molar-refractivity contribution is 5.14. The molecule has 0 aliphatic rings. The van der Waals surface area contributed by atoms with Crippen molar-refractivity contribution in [3.05, 3.63) is 24.1 Å². The molecule has 0 bridgehead atoms. The number of nitrogens with two attached hydrogens (primary N) is 1. The predicted octanol–water partition coefficient (Wildman–Crippen LogP) is 1.79. The highest BCUT2D eigenvalue weighted by atomic mass is 16.5. The van der Waals surface area contributed by atoms with Crippen molar-refractivity contribution in [1.29, 1.82) is 0 Å². The molecule has 0 heterocycles. The number of hydrogen-bond donors (Lipinski definition) is 1. The summed E-state index contributed by atoms with van der Waals surface area (Å²) in [4.78, 5) is 0. The number of ether oxygens (including phenoxy) is 1. The van der Waals surface area contributed by atoms with Gasteiger partial charge in [0.1, 0.15) is 5.76 Å². The van der Waals surface area contributed by atoms with Crippen LogP contribution in [-0.4, -0.2) is 6.10 Å². The van der Waals surface area contributed by atoms with Crippen LogP contribution in [0.2, 0.25) is 0 Å². The molecule has 10 heavy (non-hydrogen) atoms. The van der Waals surface area contributed by atoms with Gasteiger partial charge in [-0.2, -0.15) is 0 Å². The monoisotopic (exact) mass is 141 g/mol. The van der Waals surface area contributed by atoms with Crippen LogP contribution >= 0.6 is 0 Å². The van der Waals surface area contributed by atoms with Gasteiger partial charge in [-0.1, -0.05) is 6.58 Å². The van der Waals surface area contributed by atoms with E-state index in [-0.39, 0.29) is 6.10 Å². The Kier molecular flexibility index (Phi) is 3.62. The summed E-state index contributed by atoms with van der Waals surface area (Å²) >= 11 is 0. The van der Waals surface area contributed by atoms with Gasteiger partial charge in [-0.05, 0) is 26.8 Å². The predicted molar refractivity (Wildman–Crippen MR) is 43.3 cm³/mol. The number of allylic oxidation sites excluding steroid dienone is 2. The van der Waals surface area contributed by atoms with Gasteiger partial charge in [0.05, 0.1) is 11.8 Å². The maximum Gasteiger partial charge on any atom is 0.116 e. The third-order valence-corrected chi connectivity index (χ3v) is 1.04. The Hall–Kier alpha value is -0.920. The SMILES string of the molecule is C=C/C(N)=C(\C)OC(C)C. The Morgan fingerprint density at radius 2 is 2.10 bits per heavy atom. The Morgan fingerprint density at radius 3 is 2.40 bits per heavy atom. The van der Waals surface area contributed by atoms with Crippen LogP contribution in [0.15, 0.2) is 24.1 Å². The van der Waals surface area contributed by atoms with Crippen molar-refractivity contribution in [2.75, 3.05) is 0 Å². The average Bonchev–Trinajstić information content (AvgIpc) is 1.85. The van der Waals surface area contributed by atoms with Crippen LogP contribution in [0, 0.1) is 0 Å². The molecule has 2 heteroatoms. The van der Waals surface area contributed by atoms with Crippen molar-refractivity contribution in [2.45, 2.75) is 26.9 Å². The minimum Gasteiger partial charge on any atom is -0.494 e. The number of rotatable bonds is 3. The smallest absolute Gasteiger partial charge is 0.116 e. The first kappa shape index (κ1) is 9.08. The zero-order valence-electron chi connectivity index (χ0n) is 6.85. The second kappa shape index (κ2) is 3.99. The summed E-state index contributed by atoms with van der Waals surface area (Å²) in [5.41, 5.74) is 6.11. The second-order valence-electron chi connectivity index (χ2n) is 2.38. The molecular formula is C8H15NO. The third-order valence-electron chi connectivity index (χ3n) is 1.04. The molecule has 0 atom stereocenters. The third kappa shape index (κ3) is 3.17. The molecule has 0 aromatic carbocycles. The van der Waals surface area contributed by atoms with Crippen LogP contribution in [0.25, 0.3) is 0 Å². The average molecular weight is 141 g/mol. The van der Waals surface area contributed by atoms with Gasteiger partial charge in [-0.3, -0.25) is 0 Å². The highest BCUT2D eigenvalue weighted by Crippen LogP contribution is 2.03. The molecule has 2 nitrogen and oxygen atoms in total. The van der Waals surface area contributed by atoms with Gasteiger partial charge in [0, 0.05) is 0 Å². The maximum absolute atomic E-state index is 5.50. The molecule has 2 N–H and O–H groups in total. The van der Waals surface area contributed by atoms with E-state index in [1.54, 1.807) is 6.08 Å². The van der Waals surface area contributed by atoms with E-state index in [4.69, 9.17) is 10.5 Å². The first-order valence-corrected chi connectivity index (χ1v) is 3.33.